The second-order valence-corrected chi connectivity index (χ2v) is 3.55. The highest BCUT2D eigenvalue weighted by Gasteiger charge is 2.37. The summed E-state index contributed by atoms with van der Waals surface area (Å²) in [5, 5.41) is 4.18. The fourth-order valence-electron chi connectivity index (χ4n) is 1.67. The summed E-state index contributed by atoms with van der Waals surface area (Å²) in [5.74, 6) is -1.74. The van der Waals surface area contributed by atoms with Crippen molar-refractivity contribution in [2.24, 2.45) is 11.8 Å². The lowest BCUT2D eigenvalue weighted by molar-refractivity contribution is -0.138. The maximum Gasteiger partial charge on any atom is 0.328 e. The Kier molecular flexibility index (Phi) is 3.22. The van der Waals surface area contributed by atoms with Gasteiger partial charge >= 0.3 is 6.03 Å². The van der Waals surface area contributed by atoms with Crippen molar-refractivity contribution in [1.29, 1.82) is 0 Å². The molecule has 0 aromatic heterocycles. The number of nitrogens with one attached hydrogen (secondary N) is 2. The first-order valence-electron chi connectivity index (χ1n) is 4.72. The van der Waals surface area contributed by atoms with Gasteiger partial charge in [0.15, 0.2) is 0 Å². The van der Waals surface area contributed by atoms with Gasteiger partial charge in [0.2, 0.25) is 11.8 Å². The van der Waals surface area contributed by atoms with Gasteiger partial charge in [-0.1, -0.05) is 20.3 Å². The number of imide groups is 2. The second-order valence-electron chi connectivity index (χ2n) is 3.55. The van der Waals surface area contributed by atoms with Crippen LogP contribution in [0, 0.1) is 11.8 Å². The van der Waals surface area contributed by atoms with Gasteiger partial charge < -0.3 is 0 Å². The average Bonchev–Trinajstić information content (AvgIpc) is 2.01. The van der Waals surface area contributed by atoms with E-state index in [1.54, 1.807) is 0 Å². The van der Waals surface area contributed by atoms with Crippen LogP contribution in [-0.4, -0.2) is 17.8 Å². The zero-order valence-electron chi connectivity index (χ0n) is 8.29. The molecule has 0 aliphatic carbocycles. The molecule has 1 rings (SSSR count). The molecule has 0 aromatic rings. The summed E-state index contributed by atoms with van der Waals surface area (Å²) in [5.41, 5.74) is 0. The average molecular weight is 198 g/mol. The number of urea groups is 1. The van der Waals surface area contributed by atoms with Crippen LogP contribution in [0.5, 0.6) is 0 Å². The van der Waals surface area contributed by atoms with Crippen LogP contribution in [0.2, 0.25) is 0 Å². The number of carbonyl (C=O) groups is 3. The molecule has 0 spiro atoms. The minimum absolute atomic E-state index is 0.0342. The van der Waals surface area contributed by atoms with Crippen molar-refractivity contribution in [3.8, 4) is 0 Å². The molecular formula is C9H14N2O3. The number of hydrogen-bond donors (Lipinski definition) is 2. The summed E-state index contributed by atoms with van der Waals surface area (Å²) < 4.78 is 0. The van der Waals surface area contributed by atoms with Crippen molar-refractivity contribution in [2.75, 3.05) is 0 Å². The Morgan fingerprint density at radius 2 is 1.71 bits per heavy atom. The van der Waals surface area contributed by atoms with Crippen molar-refractivity contribution < 1.29 is 14.4 Å². The van der Waals surface area contributed by atoms with Crippen molar-refractivity contribution in [1.82, 2.24) is 10.6 Å². The van der Waals surface area contributed by atoms with Crippen molar-refractivity contribution in [3.63, 3.8) is 0 Å². The molecule has 2 N–H and O–H groups in total. The molecule has 1 fully saturated rings. The van der Waals surface area contributed by atoms with Gasteiger partial charge in [-0.25, -0.2) is 4.79 Å². The molecule has 14 heavy (non-hydrogen) atoms. The number of barbiturate groups is 1. The second kappa shape index (κ2) is 4.21. The Morgan fingerprint density at radius 3 is 2.14 bits per heavy atom. The van der Waals surface area contributed by atoms with Gasteiger partial charge in [0.1, 0.15) is 5.92 Å². The molecule has 5 heteroatoms. The van der Waals surface area contributed by atoms with Gasteiger partial charge in [-0.3, -0.25) is 20.2 Å². The lowest BCUT2D eigenvalue weighted by Gasteiger charge is -2.25. The lowest BCUT2D eigenvalue weighted by Crippen LogP contribution is -2.57. The van der Waals surface area contributed by atoms with Gasteiger partial charge in [-0.15, -0.1) is 0 Å². The molecule has 0 aromatic carbocycles. The van der Waals surface area contributed by atoms with E-state index in [2.05, 4.69) is 10.6 Å². The minimum Gasteiger partial charge on any atom is -0.277 e. The van der Waals surface area contributed by atoms with E-state index in [0.717, 1.165) is 12.8 Å². The molecule has 78 valence electrons. The lowest BCUT2D eigenvalue weighted by atomic mass is 9.88. The molecule has 1 atom stereocenters. The van der Waals surface area contributed by atoms with Gasteiger partial charge in [0.05, 0.1) is 0 Å². The maximum atomic E-state index is 11.3. The van der Waals surface area contributed by atoms with Crippen LogP contribution < -0.4 is 10.6 Å². The molecule has 0 unspecified atom stereocenters. The molecule has 4 amide bonds. The number of hydrogen-bond acceptors (Lipinski definition) is 3. The van der Waals surface area contributed by atoms with Crippen LogP contribution in [0.3, 0.4) is 0 Å². The summed E-state index contributed by atoms with van der Waals surface area (Å²) in [6.45, 7) is 3.82. The molecule has 0 radical (unpaired) electrons. The van der Waals surface area contributed by atoms with E-state index in [4.69, 9.17) is 0 Å². The third kappa shape index (κ3) is 2.10. The van der Waals surface area contributed by atoms with Crippen LogP contribution in [0.25, 0.3) is 0 Å². The SMILES string of the molecule is CCC[C@H](C)C1C(=O)NC(=O)NC1=O. The first-order valence-corrected chi connectivity index (χ1v) is 4.72. The highest BCUT2D eigenvalue weighted by atomic mass is 16.2. The van der Waals surface area contributed by atoms with Gasteiger partial charge in [0, 0.05) is 0 Å². The standard InChI is InChI=1S/C9H14N2O3/c1-3-4-5(2)6-7(12)10-9(14)11-8(6)13/h5-6H,3-4H2,1-2H3,(H2,10,11,12,13,14)/t5-/m0/s1. The van der Waals surface area contributed by atoms with E-state index in [-0.39, 0.29) is 5.92 Å². The van der Waals surface area contributed by atoms with Crippen molar-refractivity contribution >= 4 is 17.8 Å². The highest BCUT2D eigenvalue weighted by Crippen LogP contribution is 2.19. The normalized spacial score (nSPS) is 20.3. The number of amides is 4. The smallest absolute Gasteiger partial charge is 0.277 e. The number of rotatable bonds is 3. The van der Waals surface area contributed by atoms with Crippen LogP contribution in [0.15, 0.2) is 0 Å². The first kappa shape index (κ1) is 10.7. The van der Waals surface area contributed by atoms with E-state index >= 15 is 0 Å². The van der Waals surface area contributed by atoms with E-state index < -0.39 is 23.8 Å². The summed E-state index contributed by atoms with van der Waals surface area (Å²) in [6, 6.07) is -0.722. The topological polar surface area (TPSA) is 75.3 Å². The highest BCUT2D eigenvalue weighted by molar-refractivity contribution is 6.16. The molecule has 1 aliphatic heterocycles. The van der Waals surface area contributed by atoms with E-state index in [1.165, 1.54) is 0 Å². The molecule has 1 aliphatic rings. The quantitative estimate of drug-likeness (QED) is 0.645. The molecule has 0 saturated carbocycles. The Labute approximate surface area is 82.2 Å². The van der Waals surface area contributed by atoms with Crippen molar-refractivity contribution in [2.45, 2.75) is 26.7 Å². The largest absolute Gasteiger partial charge is 0.328 e. The fraction of sp³-hybridized carbons (Fsp3) is 0.667. The predicted molar refractivity (Wildman–Crippen MR) is 49.2 cm³/mol. The zero-order valence-corrected chi connectivity index (χ0v) is 8.29. The summed E-state index contributed by atoms with van der Waals surface area (Å²) in [6.07, 6.45) is 1.70. The Morgan fingerprint density at radius 1 is 1.21 bits per heavy atom. The minimum atomic E-state index is -0.729. The first-order chi connectivity index (χ1) is 6.56. The fourth-order valence-corrected chi connectivity index (χ4v) is 1.67. The van der Waals surface area contributed by atoms with Gasteiger partial charge in [-0.2, -0.15) is 0 Å². The molecule has 1 saturated heterocycles. The maximum absolute atomic E-state index is 11.3. The third-order valence-electron chi connectivity index (χ3n) is 2.35. The van der Waals surface area contributed by atoms with E-state index in [1.807, 2.05) is 13.8 Å². The van der Waals surface area contributed by atoms with Crippen molar-refractivity contribution in [3.05, 3.63) is 0 Å². The van der Waals surface area contributed by atoms with Gasteiger partial charge in [-0.05, 0) is 12.3 Å². The summed E-state index contributed by atoms with van der Waals surface area (Å²) in [7, 11) is 0. The van der Waals surface area contributed by atoms with Crippen LogP contribution in [0.4, 0.5) is 4.79 Å². The molecule has 1 heterocycles. The van der Waals surface area contributed by atoms with Gasteiger partial charge in [0.25, 0.3) is 0 Å². The summed E-state index contributed by atoms with van der Waals surface area (Å²) >= 11 is 0. The Balaban J connectivity index is 2.71. The third-order valence-corrected chi connectivity index (χ3v) is 2.35. The monoisotopic (exact) mass is 198 g/mol. The van der Waals surface area contributed by atoms with Crippen LogP contribution in [0.1, 0.15) is 26.7 Å². The Hall–Kier alpha value is -1.39. The molecular weight excluding hydrogens is 184 g/mol. The van der Waals surface area contributed by atoms with E-state index in [0.29, 0.717) is 0 Å². The summed E-state index contributed by atoms with van der Waals surface area (Å²) in [4.78, 5) is 33.4. The Bertz CT molecular complexity index is 255. The van der Waals surface area contributed by atoms with E-state index in [9.17, 15) is 14.4 Å². The molecule has 0 bridgehead atoms. The predicted octanol–water partition coefficient (Wildman–Crippen LogP) is 0.405. The van der Waals surface area contributed by atoms with Crippen LogP contribution >= 0.6 is 0 Å². The zero-order chi connectivity index (χ0) is 10.7. The van der Waals surface area contributed by atoms with Crippen LogP contribution in [-0.2, 0) is 9.59 Å². The molecule has 5 nitrogen and oxygen atoms in total. The number of carbonyl (C=O) groups excluding carboxylic acids is 3.